The molecule has 33 heavy (non-hydrogen) atoms. The van der Waals surface area contributed by atoms with Crippen molar-refractivity contribution in [3.8, 4) is 17.5 Å². The fraction of sp³-hybridized carbons (Fsp3) is 0.238. The van der Waals surface area contributed by atoms with Gasteiger partial charge in [0.15, 0.2) is 11.6 Å². The van der Waals surface area contributed by atoms with E-state index in [9.17, 15) is 9.59 Å². The molecule has 0 radical (unpaired) electrons. The highest BCUT2D eigenvalue weighted by atomic mass is 35.5. The monoisotopic (exact) mass is 491 g/mol. The van der Waals surface area contributed by atoms with Gasteiger partial charge in [-0.3, -0.25) is 9.36 Å². The molecule has 4 N–H and O–H groups in total. The van der Waals surface area contributed by atoms with Crippen LogP contribution in [-0.4, -0.2) is 39.6 Å². The molecule has 2 amide bonds. The first kappa shape index (κ1) is 22.7. The first-order chi connectivity index (χ1) is 15.6. The summed E-state index contributed by atoms with van der Waals surface area (Å²) in [5.41, 5.74) is 7.08. The number of anilines is 1. The summed E-state index contributed by atoms with van der Waals surface area (Å²) in [4.78, 5) is 30.0. The Kier molecular flexibility index (Phi) is 5.81. The molecule has 12 heteroatoms. The van der Waals surface area contributed by atoms with E-state index in [-0.39, 0.29) is 27.0 Å². The zero-order valence-corrected chi connectivity index (χ0v) is 19.1. The topological polar surface area (TPSA) is 141 Å². The Balaban J connectivity index is 1.62. The molecule has 172 valence electrons. The lowest BCUT2D eigenvalue weighted by Gasteiger charge is -2.15. The Morgan fingerprint density at radius 1 is 1.24 bits per heavy atom. The number of rotatable bonds is 5. The molecule has 0 spiro atoms. The summed E-state index contributed by atoms with van der Waals surface area (Å²) in [5, 5.41) is 11.2. The second kappa shape index (κ2) is 8.45. The Morgan fingerprint density at radius 2 is 1.91 bits per heavy atom. The van der Waals surface area contributed by atoms with Gasteiger partial charge in [0.05, 0.1) is 28.2 Å². The molecule has 1 heterocycles. The maximum atomic E-state index is 11.9. The Bertz CT molecular complexity index is 1290. The third-order valence-corrected chi connectivity index (χ3v) is 5.78. The molecule has 2 aromatic carbocycles. The largest absolute Gasteiger partial charge is 0.468 e. The highest BCUT2D eigenvalue weighted by molar-refractivity contribution is 6.43. The third kappa shape index (κ3) is 4.53. The van der Waals surface area contributed by atoms with Gasteiger partial charge in [-0.15, -0.1) is 0 Å². The fourth-order valence-corrected chi connectivity index (χ4v) is 3.92. The predicted octanol–water partition coefficient (Wildman–Crippen LogP) is 4.63. The normalized spacial score (nSPS) is 14.7. The number of aliphatic imine (C=N–C) groups is 1. The van der Waals surface area contributed by atoms with Crippen molar-refractivity contribution in [2.45, 2.75) is 25.3 Å². The van der Waals surface area contributed by atoms with Crippen molar-refractivity contribution in [3.05, 3.63) is 40.4 Å². The molecular formula is C21H19Cl2N5O5. The van der Waals surface area contributed by atoms with E-state index in [1.165, 1.54) is 12.1 Å². The van der Waals surface area contributed by atoms with Gasteiger partial charge in [0.25, 0.3) is 11.9 Å². The number of carbonyl (C=O) groups is 2. The molecule has 1 fully saturated rings. The number of carbonyl (C=O) groups excluding carboxylic acids is 1. The van der Waals surface area contributed by atoms with Crippen molar-refractivity contribution < 1.29 is 24.2 Å². The summed E-state index contributed by atoms with van der Waals surface area (Å²) >= 11 is 12.7. The summed E-state index contributed by atoms with van der Waals surface area (Å²) < 4.78 is 13.5. The molecule has 0 saturated heterocycles. The number of halogens is 2. The van der Waals surface area contributed by atoms with Crippen LogP contribution >= 0.6 is 23.2 Å². The molecule has 3 aromatic rings. The number of benzene rings is 2. The zero-order valence-electron chi connectivity index (χ0n) is 17.6. The molecule has 1 aromatic heterocycles. The van der Waals surface area contributed by atoms with Crippen molar-refractivity contribution >= 4 is 57.8 Å². The molecular weight excluding hydrogens is 473 g/mol. The van der Waals surface area contributed by atoms with E-state index in [2.05, 4.69) is 26.8 Å². The molecule has 4 rings (SSSR count). The Hall–Kier alpha value is -3.50. The summed E-state index contributed by atoms with van der Waals surface area (Å²) in [6.45, 7) is 2.14. The maximum absolute atomic E-state index is 11.9. The van der Waals surface area contributed by atoms with E-state index < -0.39 is 17.8 Å². The van der Waals surface area contributed by atoms with Gasteiger partial charge in [0.1, 0.15) is 5.75 Å². The number of methoxy groups -OCH3 is 1. The minimum atomic E-state index is -1.59. The van der Waals surface area contributed by atoms with Gasteiger partial charge in [-0.2, -0.15) is 9.98 Å². The molecule has 0 bridgehead atoms. The Morgan fingerprint density at radius 3 is 2.48 bits per heavy atom. The van der Waals surface area contributed by atoms with Crippen LogP contribution in [0.15, 0.2) is 35.3 Å². The van der Waals surface area contributed by atoms with E-state index in [0.717, 1.165) is 23.9 Å². The van der Waals surface area contributed by atoms with Crippen LogP contribution in [0.25, 0.3) is 11.0 Å². The van der Waals surface area contributed by atoms with Crippen LogP contribution in [0.2, 0.25) is 10.0 Å². The minimum absolute atomic E-state index is 0.0559. The average molecular weight is 492 g/mol. The SMILES string of the molecule is COc1nc2ccc(Oc3c(Cl)cc(NC(=O)/C(N)=N/C(=O)O)cc3Cl)cc2n1C1(C)CC1. The van der Waals surface area contributed by atoms with Gasteiger partial charge < -0.3 is 25.6 Å². The minimum Gasteiger partial charge on any atom is -0.468 e. The van der Waals surface area contributed by atoms with Gasteiger partial charge in [-0.1, -0.05) is 23.2 Å². The van der Waals surface area contributed by atoms with E-state index in [1.54, 1.807) is 13.2 Å². The number of carboxylic acid groups (broad SMARTS) is 1. The summed E-state index contributed by atoms with van der Waals surface area (Å²) in [6.07, 6.45) is 0.452. The molecule has 0 unspecified atom stereocenters. The lowest BCUT2D eigenvalue weighted by Crippen LogP contribution is -2.31. The number of amidine groups is 1. The highest BCUT2D eigenvalue weighted by Gasteiger charge is 2.42. The van der Waals surface area contributed by atoms with Crippen LogP contribution in [0.1, 0.15) is 19.8 Å². The number of hydrogen-bond donors (Lipinski definition) is 3. The standard InChI is InChI=1S/C21H19Cl2N5O5/c1-21(5-6-21)28-15-9-11(3-4-14(15)26-19(28)32-2)33-16-12(22)7-10(8-13(16)23)25-18(29)17(24)27-20(30)31/h3-4,7-9H,5-6H2,1-2H3,(H2,24,27)(H,25,29)(H,30,31). The lowest BCUT2D eigenvalue weighted by atomic mass is 10.2. The number of nitrogens with one attached hydrogen (secondary N) is 1. The third-order valence-electron chi connectivity index (χ3n) is 5.22. The molecule has 1 saturated carbocycles. The van der Waals surface area contributed by atoms with Crippen LogP contribution in [0.5, 0.6) is 17.5 Å². The number of amides is 2. The van der Waals surface area contributed by atoms with Gasteiger partial charge in [0.2, 0.25) is 0 Å². The summed E-state index contributed by atoms with van der Waals surface area (Å²) in [5.74, 6) is -0.980. The van der Waals surface area contributed by atoms with Gasteiger partial charge in [0, 0.05) is 17.3 Å². The summed E-state index contributed by atoms with van der Waals surface area (Å²) in [6, 6.07) is 8.71. The molecule has 10 nitrogen and oxygen atoms in total. The number of nitrogens with two attached hydrogens (primary N) is 1. The van der Waals surface area contributed by atoms with Gasteiger partial charge in [-0.05, 0) is 44.0 Å². The van der Waals surface area contributed by atoms with E-state index in [0.29, 0.717) is 11.8 Å². The van der Waals surface area contributed by atoms with Crippen molar-refractivity contribution in [1.82, 2.24) is 9.55 Å². The number of ether oxygens (including phenoxy) is 2. The van der Waals surface area contributed by atoms with E-state index in [1.807, 2.05) is 12.1 Å². The van der Waals surface area contributed by atoms with Crippen molar-refractivity contribution in [2.75, 3.05) is 12.4 Å². The predicted molar refractivity (Wildman–Crippen MR) is 124 cm³/mol. The number of aromatic nitrogens is 2. The molecule has 0 aliphatic heterocycles. The second-order valence-electron chi connectivity index (χ2n) is 7.69. The van der Waals surface area contributed by atoms with Crippen molar-refractivity contribution in [3.63, 3.8) is 0 Å². The van der Waals surface area contributed by atoms with Crippen LogP contribution in [-0.2, 0) is 10.3 Å². The van der Waals surface area contributed by atoms with Gasteiger partial charge in [-0.25, -0.2) is 4.79 Å². The molecule has 1 aliphatic carbocycles. The number of imidazole rings is 1. The van der Waals surface area contributed by atoms with E-state index >= 15 is 0 Å². The van der Waals surface area contributed by atoms with Crippen LogP contribution in [0.3, 0.4) is 0 Å². The van der Waals surface area contributed by atoms with Crippen molar-refractivity contribution in [2.24, 2.45) is 10.7 Å². The molecule has 0 atom stereocenters. The first-order valence-electron chi connectivity index (χ1n) is 9.73. The zero-order chi connectivity index (χ0) is 23.9. The highest BCUT2D eigenvalue weighted by Crippen LogP contribution is 2.48. The number of fused-ring (bicyclic) bond motifs is 1. The number of nitrogens with zero attached hydrogens (tertiary/aromatic N) is 3. The first-order valence-corrected chi connectivity index (χ1v) is 10.5. The van der Waals surface area contributed by atoms with Gasteiger partial charge >= 0.3 is 6.09 Å². The van der Waals surface area contributed by atoms with Crippen LogP contribution in [0.4, 0.5) is 10.5 Å². The summed E-state index contributed by atoms with van der Waals surface area (Å²) in [7, 11) is 1.59. The number of hydrogen-bond acceptors (Lipinski definition) is 5. The maximum Gasteiger partial charge on any atom is 0.433 e. The fourth-order valence-electron chi connectivity index (χ4n) is 3.36. The average Bonchev–Trinajstić information content (AvgIpc) is 3.36. The van der Waals surface area contributed by atoms with E-state index in [4.69, 9.17) is 43.5 Å². The second-order valence-corrected chi connectivity index (χ2v) is 8.50. The van der Waals surface area contributed by atoms with Crippen LogP contribution in [0, 0.1) is 0 Å². The lowest BCUT2D eigenvalue weighted by molar-refractivity contribution is -0.110. The quantitative estimate of drug-likeness (QED) is 0.348. The Labute approximate surface area is 197 Å². The van der Waals surface area contributed by atoms with Crippen molar-refractivity contribution in [1.29, 1.82) is 0 Å². The smallest absolute Gasteiger partial charge is 0.433 e. The molecule has 1 aliphatic rings. The van der Waals surface area contributed by atoms with Crippen LogP contribution < -0.4 is 20.5 Å².